The number of anilines is 2. The molecule has 0 bridgehead atoms. The Kier molecular flexibility index (Phi) is 17.2. The maximum atomic E-state index is 12.2. The fraction of sp³-hybridized carbons (Fsp3) is 0.174. The predicted molar refractivity (Wildman–Crippen MR) is 122 cm³/mol. The van der Waals surface area contributed by atoms with Crippen molar-refractivity contribution in [2.24, 2.45) is 0 Å². The molecule has 2 aromatic carbocycles. The van der Waals surface area contributed by atoms with E-state index in [1.54, 1.807) is 0 Å². The van der Waals surface area contributed by atoms with E-state index in [1.807, 2.05) is 12.1 Å². The normalized spacial score (nSPS) is 9.05. The summed E-state index contributed by atoms with van der Waals surface area (Å²) < 4.78 is 18.1. The van der Waals surface area contributed by atoms with E-state index in [4.69, 9.17) is 10.5 Å². The van der Waals surface area contributed by atoms with Crippen molar-refractivity contribution < 1.29 is 149 Å². The molecule has 0 aliphatic carbocycles. The van der Waals surface area contributed by atoms with Crippen LogP contribution in [0.3, 0.4) is 0 Å². The van der Waals surface area contributed by atoms with Gasteiger partial charge in [-0.1, -0.05) is 0 Å². The molecule has 15 heteroatoms. The van der Waals surface area contributed by atoms with E-state index in [9.17, 15) is 24.0 Å². The minimum atomic E-state index is -1.70. The van der Waals surface area contributed by atoms with Crippen molar-refractivity contribution in [3.05, 3.63) is 59.7 Å². The Morgan fingerprint density at radius 2 is 1.00 bits per heavy atom. The molecule has 38 heavy (non-hydrogen) atoms. The Morgan fingerprint density at radius 1 is 0.684 bits per heavy atom. The Balaban J connectivity index is -0.00000342. The monoisotopic (exact) mass is 574 g/mol. The van der Waals surface area contributed by atoms with E-state index in [0.717, 1.165) is 24.0 Å². The van der Waals surface area contributed by atoms with E-state index in [-0.39, 0.29) is 117 Å². The summed E-state index contributed by atoms with van der Waals surface area (Å²) in [5.41, 5.74) is 0.933. The molecule has 0 heterocycles. The van der Waals surface area contributed by atoms with Gasteiger partial charge < -0.3 is 21.8 Å². The average molecular weight is 575 g/mol. The zero-order valence-electron chi connectivity index (χ0n) is 23.0. The Labute approximate surface area is 305 Å². The van der Waals surface area contributed by atoms with Gasteiger partial charge in [-0.25, -0.2) is 24.0 Å². The van der Waals surface area contributed by atoms with Gasteiger partial charge in [-0.05, 0) is 48.5 Å². The number of nitrogens with zero attached hydrogens (tertiary/aromatic N) is 4. The number of hydrogen-bond donors (Lipinski definition) is 0. The van der Waals surface area contributed by atoms with Gasteiger partial charge in [0.2, 0.25) is 0 Å². The molecule has 188 valence electrons. The molecule has 2 amide bonds. The fourth-order valence-corrected chi connectivity index (χ4v) is 2.70. The van der Waals surface area contributed by atoms with Crippen LogP contribution in [0.25, 0.3) is 0 Å². The summed E-state index contributed by atoms with van der Waals surface area (Å²) >= 11 is 0. The topological polar surface area (TPSA) is 176 Å². The number of amides is 2. The average Bonchev–Trinajstić information content (AvgIpc) is 2.89. The van der Waals surface area contributed by atoms with Crippen molar-refractivity contribution in [2.75, 3.05) is 37.1 Å². The van der Waals surface area contributed by atoms with Crippen LogP contribution in [0.4, 0.5) is 25.8 Å². The van der Waals surface area contributed by atoms with Gasteiger partial charge in [0.1, 0.15) is 13.1 Å². The summed E-state index contributed by atoms with van der Waals surface area (Å²) in [6.07, 6.45) is -3.62. The van der Waals surface area contributed by atoms with Crippen LogP contribution in [0.5, 0.6) is 0 Å². The molecule has 0 N–H and O–H groups in total. The molecule has 2 aromatic rings. The van der Waals surface area contributed by atoms with E-state index in [1.165, 1.54) is 48.5 Å². The van der Waals surface area contributed by atoms with Gasteiger partial charge in [-0.15, -0.1) is 0 Å². The summed E-state index contributed by atoms with van der Waals surface area (Å²) in [5, 5.41) is 17.8. The van der Waals surface area contributed by atoms with Gasteiger partial charge in [0.15, 0.2) is 0 Å². The molecule has 0 saturated carbocycles. The first-order chi connectivity index (χ1) is 17.2. The van der Waals surface area contributed by atoms with Gasteiger partial charge in [0.05, 0.1) is 37.5 Å². The van der Waals surface area contributed by atoms with Gasteiger partial charge in [-0.2, -0.15) is 10.5 Å². The molecule has 2 rings (SSSR count). The molecule has 0 unspecified atom stereocenters. The number of carbonyl (C=O) groups is 5. The third kappa shape index (κ3) is 10.9. The van der Waals surface area contributed by atoms with E-state index < -0.39 is 43.4 Å². The van der Waals surface area contributed by atoms with E-state index in [0.29, 0.717) is 11.1 Å². The second-order valence-electron chi connectivity index (χ2n) is 6.63. The zero-order chi connectivity index (χ0) is 26.7. The maximum absolute atomic E-state index is 12.2. The van der Waals surface area contributed by atoms with Crippen LogP contribution in [-0.4, -0.2) is 57.6 Å². The van der Waals surface area contributed by atoms with Crippen molar-refractivity contribution in [2.45, 2.75) is 0 Å². The largest absolute Gasteiger partial charge is 1.00 e. The first kappa shape index (κ1) is 35.8. The fourth-order valence-electron chi connectivity index (χ4n) is 2.70. The second kappa shape index (κ2) is 18.2. The summed E-state index contributed by atoms with van der Waals surface area (Å²) in [4.78, 5) is 62.0. The minimum Gasteiger partial charge on any atom is -1.00 e. The maximum Gasteiger partial charge on any atom is 1.00 e. The van der Waals surface area contributed by atoms with Gasteiger partial charge in [0.25, 0.3) is 0 Å². The zero-order valence-corrected chi connectivity index (χ0v) is 27.2. The number of ether oxygens (including phenoxy) is 4. The molecular formula is C23H20K2N4O9. The van der Waals surface area contributed by atoms with E-state index in [2.05, 4.69) is 18.9 Å². The van der Waals surface area contributed by atoms with Gasteiger partial charge in [-0.3, -0.25) is 9.80 Å². The predicted octanol–water partition coefficient (Wildman–Crippen LogP) is -3.28. The molecule has 0 spiro atoms. The molecule has 13 nitrogen and oxygen atoms in total. The van der Waals surface area contributed by atoms with Crippen LogP contribution in [0.15, 0.2) is 48.5 Å². The number of hydrogen-bond acceptors (Lipinski definition) is 11. The van der Waals surface area contributed by atoms with Crippen molar-refractivity contribution in [1.82, 2.24) is 0 Å². The molecule has 0 aliphatic rings. The van der Waals surface area contributed by atoms with Crippen LogP contribution in [0, 0.1) is 22.7 Å². The van der Waals surface area contributed by atoms with Crippen LogP contribution in [-0.2, 0) is 28.5 Å². The minimum absolute atomic E-state index is 0. The first-order valence-electron chi connectivity index (χ1n) is 9.89. The quantitative estimate of drug-likeness (QED) is 0.146. The van der Waals surface area contributed by atoms with Crippen molar-refractivity contribution in [3.63, 3.8) is 0 Å². The number of esters is 2. The summed E-state index contributed by atoms with van der Waals surface area (Å²) in [5.74, 6) is -2.53. The van der Waals surface area contributed by atoms with Crippen LogP contribution in [0.1, 0.15) is 14.0 Å². The molecule has 0 aliphatic heterocycles. The molecule has 0 fully saturated rings. The van der Waals surface area contributed by atoms with E-state index >= 15 is 0 Å². The Hall–Kier alpha value is -2.16. The summed E-state index contributed by atoms with van der Waals surface area (Å²) in [6, 6.07) is 14.8. The molecule has 0 aromatic heterocycles. The molecule has 0 radical (unpaired) electrons. The number of methoxy groups -OCH3 is 2. The van der Waals surface area contributed by atoms with Crippen molar-refractivity contribution in [3.8, 4) is 12.1 Å². The third-order valence-corrected chi connectivity index (χ3v) is 4.37. The summed E-state index contributed by atoms with van der Waals surface area (Å²) in [7, 11) is 2.14. The van der Waals surface area contributed by atoms with Gasteiger partial charge in [0, 0.05) is 11.4 Å². The standard InChI is InChI=1S/C23H18N4O9.2K.2H/c1-33-21(30)26(17-7-3-15(11-24)4-8-17)13-19(28)35-23(32)36-20(29)14-27(22(31)34-2)18-9-5-16(12-25)6-10-18;;;;/h3-10H,13-14H2,1-2H3;;;;/q;2*+1;2*-1. The Morgan fingerprint density at radius 3 is 1.26 bits per heavy atom. The smallest absolute Gasteiger partial charge is 1.00 e. The molecular weight excluding hydrogens is 554 g/mol. The van der Waals surface area contributed by atoms with Crippen molar-refractivity contribution in [1.29, 1.82) is 10.5 Å². The van der Waals surface area contributed by atoms with Crippen LogP contribution in [0.2, 0.25) is 0 Å². The number of nitriles is 2. The first-order valence-corrected chi connectivity index (χ1v) is 9.89. The second-order valence-corrected chi connectivity index (χ2v) is 6.63. The number of carbonyl (C=O) groups excluding carboxylic acids is 5. The van der Waals surface area contributed by atoms with Crippen LogP contribution >= 0.6 is 0 Å². The van der Waals surface area contributed by atoms with Crippen LogP contribution < -0.4 is 113 Å². The molecule has 0 saturated heterocycles. The SMILES string of the molecule is COC(=O)N(CC(=O)OC(=O)OC(=O)CN(C(=O)OC)c1ccc(C#N)cc1)c1ccc(C#N)cc1.[H-].[H-].[K+].[K+]. The van der Waals surface area contributed by atoms with Gasteiger partial charge >= 0.3 is 133 Å². The van der Waals surface area contributed by atoms with Crippen molar-refractivity contribution >= 4 is 41.7 Å². The molecule has 0 atom stereocenters. The Bertz CT molecular complexity index is 1160. The number of benzene rings is 2. The third-order valence-electron chi connectivity index (χ3n) is 4.37. The summed E-state index contributed by atoms with van der Waals surface area (Å²) in [6.45, 7) is -1.58. The number of rotatable bonds is 6.